The number of hydrogen-bond acceptors (Lipinski definition) is 3. The van der Waals surface area contributed by atoms with Crippen LogP contribution in [-0.2, 0) is 0 Å². The average Bonchev–Trinajstić information content (AvgIpc) is 2.39. The number of benzene rings is 1. The molecule has 2 rings (SSSR count). The van der Waals surface area contributed by atoms with E-state index in [0.717, 1.165) is 31.9 Å². The van der Waals surface area contributed by atoms with Gasteiger partial charge < -0.3 is 10.6 Å². The smallest absolute Gasteiger partial charge is 0.0456 e. The third-order valence-electron chi connectivity index (χ3n) is 3.40. The summed E-state index contributed by atoms with van der Waals surface area (Å²) in [6.45, 7) is 11.1. The van der Waals surface area contributed by atoms with Crippen LogP contribution in [0.4, 0.5) is 0 Å². The first-order valence-corrected chi connectivity index (χ1v) is 6.14. The zero-order valence-electron chi connectivity index (χ0n) is 10.5. The highest BCUT2D eigenvalue weighted by Gasteiger charge is 2.17. The number of nitrogens with two attached hydrogens (primary N) is 1. The van der Waals surface area contributed by atoms with E-state index in [2.05, 4.69) is 47.6 Å². The molecule has 92 valence electrons. The zero-order chi connectivity index (χ0) is 12.3. The third-order valence-corrected chi connectivity index (χ3v) is 3.40. The van der Waals surface area contributed by atoms with E-state index in [1.807, 2.05) is 0 Å². The maximum atomic E-state index is 5.64. The number of rotatable bonds is 3. The molecule has 2 N–H and O–H groups in total. The van der Waals surface area contributed by atoms with Gasteiger partial charge in [0.25, 0.3) is 0 Å². The molecule has 1 aromatic carbocycles. The van der Waals surface area contributed by atoms with Crippen molar-refractivity contribution in [2.75, 3.05) is 32.8 Å². The first-order chi connectivity index (χ1) is 8.20. The summed E-state index contributed by atoms with van der Waals surface area (Å²) in [5, 5.41) is 0. The lowest BCUT2D eigenvalue weighted by Gasteiger charge is -2.36. The van der Waals surface area contributed by atoms with E-state index >= 15 is 0 Å². The molecule has 0 saturated carbocycles. The lowest BCUT2D eigenvalue weighted by Crippen LogP contribution is -2.47. The topological polar surface area (TPSA) is 32.5 Å². The Morgan fingerprint density at radius 2 is 1.76 bits per heavy atom. The second kappa shape index (κ2) is 5.34. The van der Waals surface area contributed by atoms with Gasteiger partial charge in [0.1, 0.15) is 0 Å². The maximum Gasteiger partial charge on any atom is 0.0456 e. The van der Waals surface area contributed by atoms with Crippen molar-refractivity contribution < 1.29 is 0 Å². The Labute approximate surface area is 104 Å². The van der Waals surface area contributed by atoms with Crippen LogP contribution in [0, 0.1) is 6.92 Å². The Hall–Kier alpha value is -1.32. The van der Waals surface area contributed by atoms with Crippen LogP contribution in [0.1, 0.15) is 11.1 Å². The van der Waals surface area contributed by atoms with Crippen LogP contribution in [0.5, 0.6) is 0 Å². The Kier molecular flexibility index (Phi) is 3.82. The molecule has 0 amide bonds. The van der Waals surface area contributed by atoms with Crippen LogP contribution in [0.25, 0.3) is 5.70 Å². The molecule has 3 nitrogen and oxygen atoms in total. The molecule has 0 spiro atoms. The van der Waals surface area contributed by atoms with Crippen molar-refractivity contribution in [1.29, 1.82) is 0 Å². The number of piperazine rings is 1. The Morgan fingerprint density at radius 3 is 2.29 bits per heavy atom. The van der Waals surface area contributed by atoms with Crippen LogP contribution in [0.2, 0.25) is 0 Å². The normalized spacial score (nSPS) is 17.2. The highest BCUT2D eigenvalue weighted by Crippen LogP contribution is 2.19. The number of aryl methyl sites for hydroxylation is 1. The molecule has 0 aromatic heterocycles. The summed E-state index contributed by atoms with van der Waals surface area (Å²) in [7, 11) is 0. The standard InChI is InChI=1S/C14H21N3/c1-12-3-5-14(6-4-12)13(2)17-9-7-16(11-15)8-10-17/h3-6H,2,7-11,15H2,1H3. The Morgan fingerprint density at radius 1 is 1.18 bits per heavy atom. The lowest BCUT2D eigenvalue weighted by molar-refractivity contribution is 0.179. The molecule has 1 fully saturated rings. The van der Waals surface area contributed by atoms with Crippen LogP contribution < -0.4 is 5.73 Å². The summed E-state index contributed by atoms with van der Waals surface area (Å²) in [6.07, 6.45) is 0. The number of hydrogen-bond donors (Lipinski definition) is 1. The lowest BCUT2D eigenvalue weighted by atomic mass is 10.1. The van der Waals surface area contributed by atoms with Gasteiger partial charge in [-0.15, -0.1) is 0 Å². The predicted molar refractivity (Wildman–Crippen MR) is 72.4 cm³/mol. The quantitative estimate of drug-likeness (QED) is 0.855. The molecule has 0 unspecified atom stereocenters. The molecule has 3 heteroatoms. The molecule has 0 bridgehead atoms. The molecule has 1 aliphatic rings. The Balaban J connectivity index is 1.99. The van der Waals surface area contributed by atoms with E-state index in [-0.39, 0.29) is 0 Å². The van der Waals surface area contributed by atoms with E-state index in [1.165, 1.54) is 11.1 Å². The molecule has 1 aliphatic heterocycles. The van der Waals surface area contributed by atoms with Crippen molar-refractivity contribution in [2.45, 2.75) is 6.92 Å². The largest absolute Gasteiger partial charge is 0.369 e. The zero-order valence-corrected chi connectivity index (χ0v) is 10.5. The summed E-state index contributed by atoms with van der Waals surface area (Å²) < 4.78 is 0. The minimum absolute atomic E-state index is 0.658. The molecule has 17 heavy (non-hydrogen) atoms. The van der Waals surface area contributed by atoms with E-state index in [9.17, 15) is 0 Å². The summed E-state index contributed by atoms with van der Waals surface area (Å²) in [6, 6.07) is 8.56. The van der Waals surface area contributed by atoms with Gasteiger partial charge in [0.2, 0.25) is 0 Å². The third kappa shape index (κ3) is 2.87. The number of nitrogens with zero attached hydrogens (tertiary/aromatic N) is 2. The first kappa shape index (κ1) is 12.1. The van der Waals surface area contributed by atoms with Gasteiger partial charge in [-0.3, -0.25) is 4.90 Å². The second-order valence-corrected chi connectivity index (χ2v) is 4.60. The van der Waals surface area contributed by atoms with E-state index in [4.69, 9.17) is 5.73 Å². The maximum absolute atomic E-state index is 5.64. The molecular formula is C14H21N3. The first-order valence-electron chi connectivity index (χ1n) is 6.14. The molecule has 0 aliphatic carbocycles. The van der Waals surface area contributed by atoms with Gasteiger partial charge in [-0.2, -0.15) is 0 Å². The van der Waals surface area contributed by atoms with E-state index in [1.54, 1.807) is 0 Å². The van der Waals surface area contributed by atoms with Gasteiger partial charge in [0.15, 0.2) is 0 Å². The molecular weight excluding hydrogens is 210 g/mol. The highest BCUT2D eigenvalue weighted by molar-refractivity contribution is 5.62. The monoisotopic (exact) mass is 231 g/mol. The van der Waals surface area contributed by atoms with Gasteiger partial charge in [-0.25, -0.2) is 0 Å². The van der Waals surface area contributed by atoms with Crippen LogP contribution >= 0.6 is 0 Å². The van der Waals surface area contributed by atoms with Crippen molar-refractivity contribution in [1.82, 2.24) is 9.80 Å². The Bertz CT molecular complexity index is 375. The highest BCUT2D eigenvalue weighted by atomic mass is 15.3. The van der Waals surface area contributed by atoms with Crippen LogP contribution in [-0.4, -0.2) is 42.6 Å². The predicted octanol–water partition coefficient (Wildman–Crippen LogP) is 1.50. The van der Waals surface area contributed by atoms with E-state index < -0.39 is 0 Å². The van der Waals surface area contributed by atoms with Crippen molar-refractivity contribution >= 4 is 5.70 Å². The van der Waals surface area contributed by atoms with Crippen molar-refractivity contribution in [3.05, 3.63) is 42.0 Å². The fourth-order valence-electron chi connectivity index (χ4n) is 2.13. The fraction of sp³-hybridized carbons (Fsp3) is 0.429. The van der Waals surface area contributed by atoms with Crippen LogP contribution in [0.15, 0.2) is 30.8 Å². The van der Waals surface area contributed by atoms with Gasteiger partial charge >= 0.3 is 0 Å². The van der Waals surface area contributed by atoms with Gasteiger partial charge in [-0.1, -0.05) is 36.4 Å². The minimum atomic E-state index is 0.658. The van der Waals surface area contributed by atoms with Gasteiger partial charge in [0, 0.05) is 38.5 Å². The summed E-state index contributed by atoms with van der Waals surface area (Å²) >= 11 is 0. The summed E-state index contributed by atoms with van der Waals surface area (Å²) in [5.74, 6) is 0. The van der Waals surface area contributed by atoms with Crippen LogP contribution in [0.3, 0.4) is 0 Å². The SMILES string of the molecule is C=C(c1ccc(C)cc1)N1CCN(CN)CC1. The van der Waals surface area contributed by atoms with Crippen molar-refractivity contribution in [2.24, 2.45) is 5.73 Å². The van der Waals surface area contributed by atoms with E-state index in [0.29, 0.717) is 6.67 Å². The van der Waals surface area contributed by atoms with Crippen molar-refractivity contribution in [3.8, 4) is 0 Å². The summed E-state index contributed by atoms with van der Waals surface area (Å²) in [4.78, 5) is 4.61. The molecule has 1 heterocycles. The van der Waals surface area contributed by atoms with Gasteiger partial charge in [-0.05, 0) is 12.5 Å². The van der Waals surface area contributed by atoms with Crippen molar-refractivity contribution in [3.63, 3.8) is 0 Å². The molecule has 0 atom stereocenters. The minimum Gasteiger partial charge on any atom is -0.369 e. The average molecular weight is 231 g/mol. The molecule has 1 saturated heterocycles. The molecule has 0 radical (unpaired) electrons. The molecule has 1 aromatic rings. The second-order valence-electron chi connectivity index (χ2n) is 4.60. The van der Waals surface area contributed by atoms with Gasteiger partial charge in [0.05, 0.1) is 0 Å². The summed E-state index contributed by atoms with van der Waals surface area (Å²) in [5.41, 5.74) is 9.27. The fourth-order valence-corrected chi connectivity index (χ4v) is 2.13.